The van der Waals surface area contributed by atoms with Crippen LogP contribution in [-0.4, -0.2) is 64.1 Å². The first-order valence-electron chi connectivity index (χ1n) is 10.6. The lowest BCUT2D eigenvalue weighted by Gasteiger charge is -2.35. The van der Waals surface area contributed by atoms with Crippen LogP contribution in [0.15, 0.2) is 22.7 Å². The molecule has 0 amide bonds. The second-order valence-corrected chi connectivity index (χ2v) is 9.46. The van der Waals surface area contributed by atoms with Gasteiger partial charge in [-0.1, -0.05) is 0 Å². The fourth-order valence-electron chi connectivity index (χ4n) is 5.70. The van der Waals surface area contributed by atoms with E-state index in [1.807, 2.05) is 13.1 Å². The molecular formula is C21H19F4N7O. The van der Waals surface area contributed by atoms with Crippen molar-refractivity contribution in [1.82, 2.24) is 24.7 Å². The zero-order valence-corrected chi connectivity index (χ0v) is 17.6. The maximum Gasteiger partial charge on any atom is 0.397 e. The van der Waals surface area contributed by atoms with Crippen LogP contribution in [0.4, 0.5) is 23.2 Å². The van der Waals surface area contributed by atoms with Gasteiger partial charge in [-0.15, -0.1) is 10.2 Å². The van der Waals surface area contributed by atoms with Crippen molar-refractivity contribution in [2.24, 2.45) is 11.3 Å². The highest BCUT2D eigenvalue weighted by Gasteiger charge is 2.86. The Bertz CT molecular complexity index is 1300. The van der Waals surface area contributed by atoms with Crippen LogP contribution in [0.1, 0.15) is 23.9 Å². The molecular weight excluding hydrogens is 442 g/mol. The molecule has 33 heavy (non-hydrogen) atoms. The van der Waals surface area contributed by atoms with Crippen molar-refractivity contribution in [2.45, 2.75) is 24.4 Å². The summed E-state index contributed by atoms with van der Waals surface area (Å²) in [5.41, 5.74) is -3.12. The fourth-order valence-corrected chi connectivity index (χ4v) is 5.70. The van der Waals surface area contributed by atoms with Gasteiger partial charge >= 0.3 is 6.18 Å². The first-order valence-corrected chi connectivity index (χ1v) is 10.6. The number of nitriles is 1. The lowest BCUT2D eigenvalue weighted by molar-refractivity contribution is -0.187. The van der Waals surface area contributed by atoms with Crippen LogP contribution in [0, 0.1) is 28.5 Å². The number of hydrogen-bond acceptors (Lipinski definition) is 7. The molecule has 1 aliphatic carbocycles. The molecule has 8 nitrogen and oxygen atoms in total. The van der Waals surface area contributed by atoms with E-state index in [-0.39, 0.29) is 42.3 Å². The zero-order chi connectivity index (χ0) is 23.2. The van der Waals surface area contributed by atoms with Gasteiger partial charge in [0.05, 0.1) is 17.3 Å². The molecule has 2 saturated heterocycles. The molecule has 172 valence electrons. The first kappa shape index (κ1) is 20.4. The summed E-state index contributed by atoms with van der Waals surface area (Å²) in [5.74, 6) is -0.0160. The molecule has 0 N–H and O–H groups in total. The Morgan fingerprint density at radius 3 is 2.73 bits per heavy atom. The summed E-state index contributed by atoms with van der Waals surface area (Å²) < 4.78 is 64.4. The van der Waals surface area contributed by atoms with Crippen LogP contribution in [-0.2, 0) is 11.8 Å². The van der Waals surface area contributed by atoms with Gasteiger partial charge in [0.15, 0.2) is 5.82 Å². The number of alkyl halides is 3. The molecule has 5 heterocycles. The van der Waals surface area contributed by atoms with Gasteiger partial charge in [0.1, 0.15) is 22.7 Å². The number of anilines is 1. The standard InChI is InChI=1S/C21H19F4N7O/c1-30-7-12(8-30)4-16-28-29-18(33-16)19-9-20(19,21(23,24)25)11-31(10-19)15-3-2-13(5-26)32-17(15)14(22)6-27-32/h2-3,6,12H,4,7-11H2,1H3/t19-,20-/m0/s1. The summed E-state index contributed by atoms with van der Waals surface area (Å²) in [6, 6.07) is 4.80. The molecule has 0 radical (unpaired) electrons. The summed E-state index contributed by atoms with van der Waals surface area (Å²) in [6.07, 6.45) is -3.17. The second-order valence-electron chi connectivity index (χ2n) is 9.46. The van der Waals surface area contributed by atoms with E-state index >= 15 is 0 Å². The van der Waals surface area contributed by atoms with Crippen molar-refractivity contribution >= 4 is 11.2 Å². The van der Waals surface area contributed by atoms with Crippen LogP contribution in [0.25, 0.3) is 5.52 Å². The maximum atomic E-state index is 14.5. The Hall–Kier alpha value is -3.20. The van der Waals surface area contributed by atoms with Crippen LogP contribution < -0.4 is 4.90 Å². The van der Waals surface area contributed by atoms with Crippen molar-refractivity contribution in [3.8, 4) is 6.07 Å². The summed E-state index contributed by atoms with van der Waals surface area (Å²) >= 11 is 0. The summed E-state index contributed by atoms with van der Waals surface area (Å²) in [4.78, 5) is 3.63. The topological polar surface area (TPSA) is 86.5 Å². The van der Waals surface area contributed by atoms with Gasteiger partial charge in [-0.3, -0.25) is 0 Å². The molecule has 0 spiro atoms. The molecule has 3 fully saturated rings. The summed E-state index contributed by atoms with van der Waals surface area (Å²) in [6.45, 7) is 1.35. The third-order valence-electron chi connectivity index (χ3n) is 7.39. The molecule has 12 heteroatoms. The zero-order valence-electron chi connectivity index (χ0n) is 17.6. The van der Waals surface area contributed by atoms with Crippen molar-refractivity contribution in [3.63, 3.8) is 0 Å². The minimum absolute atomic E-state index is 0.0105. The van der Waals surface area contributed by atoms with Gasteiger partial charge < -0.3 is 14.2 Å². The average molecular weight is 461 g/mol. The van der Waals surface area contributed by atoms with Crippen molar-refractivity contribution < 1.29 is 22.0 Å². The van der Waals surface area contributed by atoms with Gasteiger partial charge in [-0.25, -0.2) is 8.91 Å². The molecule has 0 unspecified atom stereocenters. The Labute approximate surface area is 185 Å². The van der Waals surface area contributed by atoms with E-state index < -0.39 is 22.8 Å². The molecule has 6 rings (SSSR count). The van der Waals surface area contributed by atoms with Crippen molar-refractivity contribution in [3.05, 3.63) is 41.6 Å². The number of pyridine rings is 1. The number of piperidine rings is 1. The van der Waals surface area contributed by atoms with Gasteiger partial charge in [0.25, 0.3) is 0 Å². The SMILES string of the molecule is CN1CC(Cc2nnc([C@]34CN(c5ccc(C#N)n6ncc(F)c56)C[C@@]3(C(F)(F)F)C4)o2)C1. The molecule has 3 aromatic rings. The molecule has 2 atom stereocenters. The molecule has 1 saturated carbocycles. The Morgan fingerprint density at radius 1 is 1.24 bits per heavy atom. The number of rotatable bonds is 4. The Morgan fingerprint density at radius 2 is 2.03 bits per heavy atom. The van der Waals surface area contributed by atoms with Crippen LogP contribution in [0.3, 0.4) is 0 Å². The quantitative estimate of drug-likeness (QED) is 0.552. The third kappa shape index (κ3) is 2.68. The van der Waals surface area contributed by atoms with E-state index in [0.717, 1.165) is 23.8 Å². The van der Waals surface area contributed by atoms with Crippen LogP contribution in [0.2, 0.25) is 0 Å². The highest BCUT2D eigenvalue weighted by molar-refractivity contribution is 5.76. The lowest BCUT2D eigenvalue weighted by Crippen LogP contribution is -2.44. The first-order chi connectivity index (χ1) is 15.7. The average Bonchev–Trinajstić information content (AvgIpc) is 3.13. The monoisotopic (exact) mass is 461 g/mol. The van der Waals surface area contributed by atoms with E-state index in [1.165, 1.54) is 17.0 Å². The smallest absolute Gasteiger partial charge is 0.397 e. The second kappa shape index (κ2) is 6.44. The van der Waals surface area contributed by atoms with E-state index in [9.17, 15) is 22.8 Å². The lowest BCUT2D eigenvalue weighted by atomic mass is 9.95. The maximum absolute atomic E-state index is 14.5. The highest BCUT2D eigenvalue weighted by atomic mass is 19.4. The number of likely N-dealkylation sites (tertiary alicyclic amines) is 1. The number of nitrogens with zero attached hydrogens (tertiary/aromatic N) is 7. The normalized spacial score (nSPS) is 27.6. The summed E-state index contributed by atoms with van der Waals surface area (Å²) in [7, 11) is 1.99. The largest absolute Gasteiger partial charge is 0.425 e. The predicted molar refractivity (Wildman–Crippen MR) is 106 cm³/mol. The number of fused-ring (bicyclic) bond motifs is 2. The molecule has 3 aliphatic rings. The minimum Gasteiger partial charge on any atom is -0.425 e. The van der Waals surface area contributed by atoms with Crippen molar-refractivity contribution in [1.29, 1.82) is 5.26 Å². The molecule has 2 aliphatic heterocycles. The molecule has 3 aromatic heterocycles. The van der Waals surface area contributed by atoms with Gasteiger partial charge in [0.2, 0.25) is 11.8 Å². The van der Waals surface area contributed by atoms with E-state index in [0.29, 0.717) is 18.2 Å². The van der Waals surface area contributed by atoms with Crippen LogP contribution >= 0.6 is 0 Å². The van der Waals surface area contributed by atoms with Crippen LogP contribution in [0.5, 0.6) is 0 Å². The third-order valence-corrected chi connectivity index (χ3v) is 7.39. The Kier molecular flexibility index (Phi) is 3.98. The van der Waals surface area contributed by atoms with E-state index in [2.05, 4.69) is 20.2 Å². The number of aromatic nitrogens is 4. The predicted octanol–water partition coefficient (Wildman–Crippen LogP) is 2.54. The van der Waals surface area contributed by atoms with Gasteiger partial charge in [-0.05, 0) is 31.5 Å². The van der Waals surface area contributed by atoms with Crippen molar-refractivity contribution in [2.75, 3.05) is 38.1 Å². The van der Waals surface area contributed by atoms with E-state index in [1.54, 1.807) is 0 Å². The van der Waals surface area contributed by atoms with Gasteiger partial charge in [0, 0.05) is 32.6 Å². The van der Waals surface area contributed by atoms with E-state index in [4.69, 9.17) is 4.42 Å². The Balaban J connectivity index is 1.37. The number of hydrogen-bond donors (Lipinski definition) is 0. The fraction of sp³-hybridized carbons (Fsp3) is 0.524. The minimum atomic E-state index is -4.51. The summed E-state index contributed by atoms with van der Waals surface area (Å²) in [5, 5.41) is 21.2. The molecule has 0 aromatic carbocycles. The highest BCUT2D eigenvalue weighted by Crippen LogP contribution is 2.75. The van der Waals surface area contributed by atoms with Gasteiger partial charge in [-0.2, -0.15) is 23.5 Å². The number of halogens is 4. The molecule has 0 bridgehead atoms.